The minimum atomic E-state index is -5.08. The number of imidazole rings is 1. The molecule has 3 heterocycles. The summed E-state index contributed by atoms with van der Waals surface area (Å²) in [5.74, 6) is -4.85. The summed E-state index contributed by atoms with van der Waals surface area (Å²) in [7, 11) is 1.40. The van der Waals surface area contributed by atoms with Crippen molar-refractivity contribution in [3.05, 3.63) is 81.3 Å². The Bertz CT molecular complexity index is 1980. The Kier molecular flexibility index (Phi) is 10.8. The van der Waals surface area contributed by atoms with Crippen LogP contribution in [0, 0.1) is 24.5 Å². The van der Waals surface area contributed by atoms with E-state index in [1.165, 1.54) is 17.9 Å². The number of halogens is 6. The zero-order valence-electron chi connectivity index (χ0n) is 25.9. The van der Waals surface area contributed by atoms with Gasteiger partial charge in [0.25, 0.3) is 5.56 Å². The van der Waals surface area contributed by atoms with Gasteiger partial charge in [-0.3, -0.25) is 19.1 Å². The maximum atomic E-state index is 14.6. The topological polar surface area (TPSA) is 171 Å². The molecule has 49 heavy (non-hydrogen) atoms. The summed E-state index contributed by atoms with van der Waals surface area (Å²) < 4.78 is 62.2. The van der Waals surface area contributed by atoms with Crippen LogP contribution < -0.4 is 15.8 Å². The average molecular weight is 711 g/mol. The van der Waals surface area contributed by atoms with E-state index in [9.17, 15) is 41.4 Å². The number of H-pyrrole nitrogens is 1. The average Bonchev–Trinajstić information content (AvgIpc) is 3.41. The molecule has 0 fully saturated rings. The van der Waals surface area contributed by atoms with Crippen molar-refractivity contribution in [1.29, 1.82) is 0 Å². The van der Waals surface area contributed by atoms with Crippen molar-refractivity contribution < 1.29 is 46.5 Å². The number of rotatable bonds is 3. The van der Waals surface area contributed by atoms with Crippen LogP contribution in [0.5, 0.6) is 0 Å². The highest BCUT2D eigenvalue weighted by Gasteiger charge is 2.38. The molecule has 2 amide bonds. The molecule has 1 aliphatic rings. The minimum absolute atomic E-state index is 0.195. The van der Waals surface area contributed by atoms with E-state index in [-0.39, 0.29) is 16.6 Å². The number of hydrogen-bond acceptors (Lipinski definition) is 6. The number of alkyl halides is 3. The second-order valence-electron chi connectivity index (χ2n) is 11.0. The first-order chi connectivity index (χ1) is 22.9. The van der Waals surface area contributed by atoms with E-state index in [0.717, 1.165) is 23.1 Å². The predicted molar refractivity (Wildman–Crippen MR) is 168 cm³/mol. The Morgan fingerprint density at radius 1 is 1.08 bits per heavy atom. The molecule has 2 aromatic carbocycles. The van der Waals surface area contributed by atoms with E-state index >= 15 is 0 Å². The zero-order chi connectivity index (χ0) is 36.4. The first-order valence-corrected chi connectivity index (χ1v) is 14.8. The Morgan fingerprint density at radius 2 is 1.76 bits per heavy atom. The van der Waals surface area contributed by atoms with Gasteiger partial charge in [-0.2, -0.15) is 13.2 Å². The van der Waals surface area contributed by atoms with Gasteiger partial charge in [-0.25, -0.2) is 28.3 Å². The molecule has 2 bridgehead atoms. The van der Waals surface area contributed by atoms with E-state index in [4.69, 9.17) is 26.5 Å². The lowest BCUT2D eigenvalue weighted by Gasteiger charge is -2.21. The van der Waals surface area contributed by atoms with Crippen LogP contribution in [0.1, 0.15) is 43.7 Å². The number of aromatic nitrogens is 4. The molecule has 4 N–H and O–H groups in total. The number of anilines is 2. The Labute approximate surface area is 279 Å². The monoisotopic (exact) mass is 710 g/mol. The number of hydrogen-bond donors (Lipinski definition) is 4. The van der Waals surface area contributed by atoms with Crippen LogP contribution in [0.15, 0.2) is 47.5 Å². The van der Waals surface area contributed by atoms with Crippen LogP contribution in [0.2, 0.25) is 5.02 Å². The number of carboxylic acids is 1. The quantitative estimate of drug-likeness (QED) is 0.136. The van der Waals surface area contributed by atoms with Crippen LogP contribution in [0.3, 0.4) is 0 Å². The van der Waals surface area contributed by atoms with Gasteiger partial charge in [-0.15, -0.1) is 0 Å². The van der Waals surface area contributed by atoms with Crippen LogP contribution in [0.4, 0.5) is 38.1 Å². The summed E-state index contributed by atoms with van der Waals surface area (Å²) in [4.78, 5) is 60.2. The fourth-order valence-electron chi connectivity index (χ4n) is 5.02. The number of amides is 2. The number of nitrogens with zero attached hydrogens (tertiary/aromatic N) is 4. The summed E-state index contributed by atoms with van der Waals surface area (Å²) >= 11 is 5.83. The zero-order valence-corrected chi connectivity index (χ0v) is 26.7. The maximum absolute atomic E-state index is 14.6. The summed E-state index contributed by atoms with van der Waals surface area (Å²) in [6.07, 6.45) is -3.58. The summed E-state index contributed by atoms with van der Waals surface area (Å²) in [5, 5.41) is 19.2. The van der Waals surface area contributed by atoms with Gasteiger partial charge in [0.05, 0.1) is 40.0 Å². The molecule has 1 aliphatic heterocycles. The van der Waals surface area contributed by atoms with Gasteiger partial charge in [0.1, 0.15) is 11.6 Å². The van der Waals surface area contributed by atoms with Gasteiger partial charge in [0.15, 0.2) is 5.82 Å². The second kappa shape index (κ2) is 14.4. The van der Waals surface area contributed by atoms with E-state index in [0.29, 0.717) is 53.4 Å². The van der Waals surface area contributed by atoms with Crippen LogP contribution in [-0.2, 0) is 9.59 Å². The minimum Gasteiger partial charge on any atom is -0.475 e. The first-order valence-electron chi connectivity index (χ1n) is 14.4. The van der Waals surface area contributed by atoms with Crippen molar-refractivity contribution in [3.63, 3.8) is 0 Å². The van der Waals surface area contributed by atoms with Gasteiger partial charge in [-0.1, -0.05) is 24.9 Å². The molecule has 0 radical (unpaired) electrons. The summed E-state index contributed by atoms with van der Waals surface area (Å²) in [5.41, 5.74) is 1.22. The van der Waals surface area contributed by atoms with Crippen molar-refractivity contribution in [3.8, 4) is 22.5 Å². The molecule has 0 saturated heterocycles. The normalized spacial score (nSPS) is 16.2. The number of benzene rings is 2. The molecule has 2 atom stereocenters. The smallest absolute Gasteiger partial charge is 0.475 e. The summed E-state index contributed by atoms with van der Waals surface area (Å²) in [6, 6.07) is 7.38. The maximum Gasteiger partial charge on any atom is 0.490 e. The number of aromatic amines is 1. The number of aliphatic carboxylic acids is 1. The molecule has 12 nitrogen and oxygen atoms in total. The lowest BCUT2D eigenvalue weighted by Crippen LogP contribution is -2.27. The number of carbonyl (C=O) groups excluding carboxylic acids is 1. The highest BCUT2D eigenvalue weighted by Crippen LogP contribution is 2.36. The number of carboxylic acid groups (broad SMARTS) is 2. The predicted octanol–water partition coefficient (Wildman–Crippen LogP) is 6.64. The third-order valence-corrected chi connectivity index (χ3v) is 7.98. The molecule has 2 aromatic heterocycles. The highest BCUT2D eigenvalue weighted by molar-refractivity contribution is 6.31. The van der Waals surface area contributed by atoms with Crippen molar-refractivity contribution in [2.24, 2.45) is 5.92 Å². The first kappa shape index (κ1) is 36.5. The van der Waals surface area contributed by atoms with E-state index in [1.807, 2.05) is 0 Å². The van der Waals surface area contributed by atoms with Gasteiger partial charge in [-0.05, 0) is 50.1 Å². The Balaban J connectivity index is 0.000000698. The fourth-order valence-corrected chi connectivity index (χ4v) is 5.18. The third kappa shape index (κ3) is 8.05. The van der Waals surface area contributed by atoms with Crippen molar-refractivity contribution in [2.75, 3.05) is 17.3 Å². The van der Waals surface area contributed by atoms with E-state index < -0.39 is 53.0 Å². The molecule has 4 aromatic rings. The highest BCUT2D eigenvalue weighted by atomic mass is 35.5. The lowest BCUT2D eigenvalue weighted by molar-refractivity contribution is -0.192. The number of aryl methyl sites for hydroxylation is 1. The molecular weight excluding hydrogens is 683 g/mol. The van der Waals surface area contributed by atoms with Crippen LogP contribution >= 0.6 is 11.6 Å². The number of nitrogens with one attached hydrogen (secondary N) is 2. The van der Waals surface area contributed by atoms with Gasteiger partial charge >= 0.3 is 18.2 Å². The molecule has 0 saturated carbocycles. The Morgan fingerprint density at radius 3 is 2.37 bits per heavy atom. The Hall–Kier alpha value is -5.32. The van der Waals surface area contributed by atoms with Crippen LogP contribution in [-0.4, -0.2) is 60.9 Å². The lowest BCUT2D eigenvalue weighted by atomic mass is 9.99. The fraction of sp³-hybridized carbons (Fsp3) is 0.290. The van der Waals surface area contributed by atoms with Gasteiger partial charge in [0.2, 0.25) is 5.91 Å². The largest absolute Gasteiger partial charge is 0.490 e. The van der Waals surface area contributed by atoms with E-state index in [1.54, 1.807) is 32.0 Å². The second-order valence-corrected chi connectivity index (χ2v) is 11.5. The van der Waals surface area contributed by atoms with Crippen molar-refractivity contribution in [1.82, 2.24) is 19.5 Å². The third-order valence-electron chi connectivity index (χ3n) is 7.69. The van der Waals surface area contributed by atoms with Crippen molar-refractivity contribution >= 4 is 40.9 Å². The molecular formula is C31H28ClF5N6O6. The molecule has 260 valence electrons. The molecule has 0 unspecified atom stereocenters. The molecule has 0 spiro atoms. The standard InChI is InChI=1S/C29H27ClF2N6O4.C2HF3O2/c1-14-5-4-6-22(38-13-33-21(12-23(38)39)24-19(31)10-9-18(30)25(24)32)27-34-15(2)26(36-27)17-8-7-16(37(3)29(41)42)11-20(17)35-28(14)40;3-2(4,5)1(6)7/h7-14,22H,4-6H2,1-3H3,(H,34,36)(H,35,40)(H,41,42);(H,6,7)/t14-,22+;/m1./s1. The molecule has 18 heteroatoms. The molecule has 0 aliphatic carbocycles. The summed E-state index contributed by atoms with van der Waals surface area (Å²) in [6.45, 7) is 3.58. The van der Waals surface area contributed by atoms with Gasteiger partial charge < -0.3 is 20.5 Å². The van der Waals surface area contributed by atoms with Crippen LogP contribution in [0.25, 0.3) is 22.5 Å². The van der Waals surface area contributed by atoms with E-state index in [2.05, 4.69) is 15.3 Å². The number of fused-ring (bicyclic) bond motifs is 4. The van der Waals surface area contributed by atoms with Crippen molar-refractivity contribution in [2.45, 2.75) is 45.3 Å². The molecule has 5 rings (SSSR count). The number of carbonyl (C=O) groups is 3. The SMILES string of the molecule is Cc1[nH]c2nc1-c1ccc(N(C)C(=O)O)cc1NC(=O)[C@H](C)CCC[C@@H]2n1cnc(-c2c(F)ccc(Cl)c2F)cc1=O.O=C(O)C(F)(F)F. The van der Waals surface area contributed by atoms with Gasteiger partial charge in [0, 0.05) is 36.0 Å².